The quantitative estimate of drug-likeness (QED) is 0.601. The highest BCUT2D eigenvalue weighted by atomic mass is 16.5. The van der Waals surface area contributed by atoms with Crippen LogP contribution in [-0.2, 0) is 9.47 Å². The van der Waals surface area contributed by atoms with Crippen molar-refractivity contribution < 1.29 is 14.2 Å². The largest absolute Gasteiger partial charge is 0.494 e. The molecule has 4 nitrogen and oxygen atoms in total. The molecule has 0 aliphatic rings. The maximum Gasteiger partial charge on any atom is 0.119 e. The third-order valence-corrected chi connectivity index (χ3v) is 3.29. The Bertz CT molecular complexity index is 354. The van der Waals surface area contributed by atoms with Crippen molar-refractivity contribution in [2.45, 2.75) is 32.7 Å². The van der Waals surface area contributed by atoms with Crippen LogP contribution in [0.1, 0.15) is 38.3 Å². The zero-order valence-electron chi connectivity index (χ0n) is 13.6. The van der Waals surface area contributed by atoms with Gasteiger partial charge < -0.3 is 19.5 Å². The molecule has 0 heterocycles. The van der Waals surface area contributed by atoms with E-state index in [4.69, 9.17) is 14.2 Å². The van der Waals surface area contributed by atoms with Gasteiger partial charge in [0.2, 0.25) is 0 Å². The van der Waals surface area contributed by atoms with Gasteiger partial charge in [-0.25, -0.2) is 0 Å². The third-order valence-electron chi connectivity index (χ3n) is 3.29. The van der Waals surface area contributed by atoms with Crippen LogP contribution in [0.25, 0.3) is 0 Å². The Hall–Kier alpha value is -1.10. The highest BCUT2D eigenvalue weighted by Gasteiger charge is 2.04. The first-order valence-corrected chi connectivity index (χ1v) is 7.80. The van der Waals surface area contributed by atoms with E-state index in [1.165, 1.54) is 5.56 Å². The van der Waals surface area contributed by atoms with Gasteiger partial charge in [-0.3, -0.25) is 0 Å². The van der Waals surface area contributed by atoms with Crippen LogP contribution in [0.15, 0.2) is 24.3 Å². The second-order valence-electron chi connectivity index (χ2n) is 4.99. The molecule has 0 aliphatic heterocycles. The van der Waals surface area contributed by atoms with Crippen molar-refractivity contribution in [2.24, 2.45) is 0 Å². The summed E-state index contributed by atoms with van der Waals surface area (Å²) in [6.45, 7) is 8.06. The number of methoxy groups -OCH3 is 1. The van der Waals surface area contributed by atoms with Gasteiger partial charge in [0.15, 0.2) is 0 Å². The summed E-state index contributed by atoms with van der Waals surface area (Å²) in [7, 11) is 1.69. The number of benzene rings is 1. The topological polar surface area (TPSA) is 39.7 Å². The molecule has 0 aromatic heterocycles. The summed E-state index contributed by atoms with van der Waals surface area (Å²) < 4.78 is 15.8. The summed E-state index contributed by atoms with van der Waals surface area (Å²) in [6, 6.07) is 8.66. The van der Waals surface area contributed by atoms with Crippen LogP contribution in [0, 0.1) is 0 Å². The number of nitrogens with one attached hydrogen (secondary N) is 1. The molecular formula is C17H29NO3. The predicted octanol–water partition coefficient (Wildman–Crippen LogP) is 3.18. The van der Waals surface area contributed by atoms with E-state index in [-0.39, 0.29) is 0 Å². The van der Waals surface area contributed by atoms with Crippen molar-refractivity contribution in [1.82, 2.24) is 5.32 Å². The van der Waals surface area contributed by atoms with E-state index in [0.717, 1.165) is 31.7 Å². The predicted molar refractivity (Wildman–Crippen MR) is 86.0 cm³/mol. The number of unbranched alkanes of at least 4 members (excludes halogenated alkanes) is 1. The molecule has 1 aromatic carbocycles. The van der Waals surface area contributed by atoms with Crippen molar-refractivity contribution in [2.75, 3.05) is 40.1 Å². The smallest absolute Gasteiger partial charge is 0.119 e. The molecule has 0 aliphatic carbocycles. The average Bonchev–Trinajstić information content (AvgIpc) is 2.51. The van der Waals surface area contributed by atoms with Crippen molar-refractivity contribution in [3.63, 3.8) is 0 Å². The molecule has 1 atom stereocenters. The molecular weight excluding hydrogens is 266 g/mol. The van der Waals surface area contributed by atoms with Crippen molar-refractivity contribution in [3.8, 4) is 5.75 Å². The van der Waals surface area contributed by atoms with Crippen molar-refractivity contribution in [1.29, 1.82) is 0 Å². The van der Waals surface area contributed by atoms with Gasteiger partial charge in [0.05, 0.1) is 19.8 Å². The van der Waals surface area contributed by atoms with E-state index in [9.17, 15) is 0 Å². The Kier molecular flexibility index (Phi) is 9.87. The van der Waals surface area contributed by atoms with Crippen molar-refractivity contribution in [3.05, 3.63) is 29.8 Å². The van der Waals surface area contributed by atoms with E-state index < -0.39 is 0 Å². The molecule has 21 heavy (non-hydrogen) atoms. The normalized spacial score (nSPS) is 12.3. The average molecular weight is 295 g/mol. The summed E-state index contributed by atoms with van der Waals surface area (Å²) in [5.74, 6) is 0.932. The van der Waals surface area contributed by atoms with E-state index >= 15 is 0 Å². The molecule has 120 valence electrons. The van der Waals surface area contributed by atoms with Crippen LogP contribution in [-0.4, -0.2) is 40.1 Å². The molecule has 1 N–H and O–H groups in total. The lowest BCUT2D eigenvalue weighted by atomic mass is 10.1. The molecule has 1 rings (SSSR count). The van der Waals surface area contributed by atoms with Crippen molar-refractivity contribution >= 4 is 0 Å². The Labute approximate surface area is 128 Å². The van der Waals surface area contributed by atoms with Gasteiger partial charge in [-0.15, -0.1) is 0 Å². The first-order valence-electron chi connectivity index (χ1n) is 7.80. The first-order chi connectivity index (χ1) is 10.3. The fourth-order valence-electron chi connectivity index (χ4n) is 2.03. The van der Waals surface area contributed by atoms with E-state index in [1.807, 2.05) is 19.1 Å². The standard InChI is InChI=1S/C17H29NO3/c1-4-21-17-9-7-16(8-10-17)15(2)18-11-5-6-12-20-14-13-19-3/h7-10,15,18H,4-6,11-14H2,1-3H3. The van der Waals surface area contributed by atoms with Gasteiger partial charge in [0.1, 0.15) is 5.75 Å². The second-order valence-corrected chi connectivity index (χ2v) is 4.99. The summed E-state index contributed by atoms with van der Waals surface area (Å²) in [6.07, 6.45) is 2.20. The van der Waals surface area contributed by atoms with Crippen LogP contribution in [0.3, 0.4) is 0 Å². The molecule has 0 saturated carbocycles. The summed E-state index contributed by atoms with van der Waals surface area (Å²) in [5.41, 5.74) is 1.29. The second kappa shape index (κ2) is 11.5. The molecule has 1 aromatic rings. The number of ether oxygens (including phenoxy) is 3. The van der Waals surface area contributed by atoms with Gasteiger partial charge >= 0.3 is 0 Å². The molecule has 0 saturated heterocycles. The fourth-order valence-corrected chi connectivity index (χ4v) is 2.03. The van der Waals surface area contributed by atoms with Crippen LogP contribution < -0.4 is 10.1 Å². The lowest BCUT2D eigenvalue weighted by Gasteiger charge is -2.15. The Morgan fingerprint density at radius 2 is 1.81 bits per heavy atom. The van der Waals surface area contributed by atoms with Crippen LogP contribution in [0.2, 0.25) is 0 Å². The Morgan fingerprint density at radius 3 is 2.48 bits per heavy atom. The summed E-state index contributed by atoms with van der Waals surface area (Å²) >= 11 is 0. The lowest BCUT2D eigenvalue weighted by molar-refractivity contribution is 0.0687. The van der Waals surface area contributed by atoms with E-state index in [0.29, 0.717) is 25.9 Å². The number of hydrogen-bond acceptors (Lipinski definition) is 4. The van der Waals surface area contributed by atoms with Gasteiger partial charge in [-0.05, 0) is 50.9 Å². The van der Waals surface area contributed by atoms with Crippen LogP contribution in [0.5, 0.6) is 5.75 Å². The van der Waals surface area contributed by atoms with Crippen LogP contribution >= 0.6 is 0 Å². The van der Waals surface area contributed by atoms with E-state index in [1.54, 1.807) is 7.11 Å². The molecule has 0 spiro atoms. The Morgan fingerprint density at radius 1 is 1.05 bits per heavy atom. The molecule has 4 heteroatoms. The fraction of sp³-hybridized carbons (Fsp3) is 0.647. The molecule has 0 radical (unpaired) electrons. The first kappa shape index (κ1) is 18.0. The lowest BCUT2D eigenvalue weighted by Crippen LogP contribution is -2.20. The summed E-state index contributed by atoms with van der Waals surface area (Å²) in [5, 5.41) is 3.53. The highest BCUT2D eigenvalue weighted by Crippen LogP contribution is 2.17. The number of rotatable bonds is 12. The maximum atomic E-state index is 5.45. The Balaban J connectivity index is 2.11. The summed E-state index contributed by atoms with van der Waals surface area (Å²) in [4.78, 5) is 0. The van der Waals surface area contributed by atoms with Gasteiger partial charge in [0.25, 0.3) is 0 Å². The zero-order chi connectivity index (χ0) is 15.3. The maximum absolute atomic E-state index is 5.45. The van der Waals surface area contributed by atoms with Gasteiger partial charge in [0, 0.05) is 19.8 Å². The third kappa shape index (κ3) is 8.05. The SMILES string of the molecule is CCOc1ccc(C(C)NCCCCOCCOC)cc1. The number of hydrogen-bond donors (Lipinski definition) is 1. The highest BCUT2D eigenvalue weighted by molar-refractivity contribution is 5.28. The zero-order valence-corrected chi connectivity index (χ0v) is 13.6. The minimum atomic E-state index is 0.357. The monoisotopic (exact) mass is 295 g/mol. The molecule has 0 fully saturated rings. The molecule has 0 amide bonds. The molecule has 0 bridgehead atoms. The van der Waals surface area contributed by atoms with Gasteiger partial charge in [-0.1, -0.05) is 12.1 Å². The minimum Gasteiger partial charge on any atom is -0.494 e. The van der Waals surface area contributed by atoms with Gasteiger partial charge in [-0.2, -0.15) is 0 Å². The molecule has 1 unspecified atom stereocenters. The minimum absolute atomic E-state index is 0.357. The van der Waals surface area contributed by atoms with E-state index in [2.05, 4.69) is 24.4 Å². The van der Waals surface area contributed by atoms with Crippen LogP contribution in [0.4, 0.5) is 0 Å².